The first-order chi connectivity index (χ1) is 51.5. The molecule has 0 fully saturated rings. The van der Waals surface area contributed by atoms with E-state index in [0.29, 0.717) is 68.3 Å². The summed E-state index contributed by atoms with van der Waals surface area (Å²) in [7, 11) is 0. The Kier molecular flexibility index (Phi) is 30.8. The molecule has 0 atom stereocenters. The van der Waals surface area contributed by atoms with Crippen molar-refractivity contribution in [3.63, 3.8) is 0 Å². The van der Waals surface area contributed by atoms with Gasteiger partial charge in [0.05, 0.1) is 22.7 Å². The van der Waals surface area contributed by atoms with E-state index in [2.05, 4.69) is 249 Å². The van der Waals surface area contributed by atoms with Gasteiger partial charge in [0, 0.05) is 57.0 Å². The van der Waals surface area contributed by atoms with Crippen LogP contribution in [0.1, 0.15) is 272 Å². The number of allylic oxidation sites excluding steroid dienone is 8. The van der Waals surface area contributed by atoms with Crippen LogP contribution in [-0.2, 0) is 55.8 Å². The van der Waals surface area contributed by atoms with Crippen molar-refractivity contribution in [3.8, 4) is 11.5 Å². The molecule has 5 aromatic rings. The minimum atomic E-state index is -0.298. The van der Waals surface area contributed by atoms with Crippen LogP contribution in [0.4, 0.5) is 45.5 Å². The molecule has 0 amide bonds. The Hall–Kier alpha value is -7.22. The fraction of sp³-hybridized carbons (Fsp3) is 0.471. The Morgan fingerprint density at radius 1 is 0.233 bits per heavy atom. The number of hydrogen-bond acceptors (Lipinski definition) is 10. The molecule has 0 saturated heterocycles. The van der Waals surface area contributed by atoms with E-state index in [9.17, 15) is 30.6 Å². The fourth-order valence-corrected chi connectivity index (χ4v) is 12.9. The maximum atomic E-state index is 13.4. The third kappa shape index (κ3) is 25.9. The van der Waals surface area contributed by atoms with Crippen LogP contribution in [0.2, 0.25) is 0 Å². The molecule has 5 aromatic carbocycles. The van der Waals surface area contributed by atoms with Gasteiger partial charge >= 0.3 is 0 Å². The Balaban J connectivity index is 0.000000308. The van der Waals surface area contributed by atoms with E-state index >= 15 is 0 Å². The predicted octanol–water partition coefficient (Wildman–Crippen LogP) is 24.8. The van der Waals surface area contributed by atoms with Crippen LogP contribution in [0.15, 0.2) is 210 Å². The van der Waals surface area contributed by atoms with Gasteiger partial charge in [-0.25, -0.2) is 0 Å². The van der Waals surface area contributed by atoms with Crippen LogP contribution < -0.4 is 30.6 Å². The number of aliphatic imine (C=N–C) groups is 4. The molecule has 628 valence electrons. The van der Waals surface area contributed by atoms with Gasteiger partial charge < -0.3 is 41.3 Å². The van der Waals surface area contributed by atoms with Gasteiger partial charge in [-0.15, -0.1) is 34.2 Å². The summed E-state index contributed by atoms with van der Waals surface area (Å²) in [5, 5.41) is 90.1. The van der Waals surface area contributed by atoms with Crippen molar-refractivity contribution in [3.05, 3.63) is 248 Å². The Labute approximate surface area is 721 Å². The van der Waals surface area contributed by atoms with Crippen LogP contribution in [-0.4, -0.2) is 22.8 Å². The van der Waals surface area contributed by atoms with Crippen LogP contribution in [0.5, 0.6) is 11.5 Å². The number of rotatable bonds is 8. The van der Waals surface area contributed by atoms with Gasteiger partial charge in [-0.1, -0.05) is 374 Å². The van der Waals surface area contributed by atoms with Crippen LogP contribution in [0, 0.1) is 67.7 Å². The molecule has 0 aromatic heterocycles. The van der Waals surface area contributed by atoms with Crippen molar-refractivity contribution in [2.45, 2.75) is 271 Å². The molecule has 4 aliphatic carbocycles. The van der Waals surface area contributed by atoms with E-state index in [1.165, 1.54) is 0 Å². The summed E-state index contributed by atoms with van der Waals surface area (Å²) in [5.41, 5.74) is 14.8. The molecule has 14 heteroatoms. The maximum absolute atomic E-state index is 13.4. The summed E-state index contributed by atoms with van der Waals surface area (Å²) in [6.07, 6.45) is 15.5. The second kappa shape index (κ2) is 36.0. The molecular weight excluding hydrogens is 1520 g/mol. The first-order valence-corrected chi connectivity index (χ1v) is 40.3. The number of nitrogens with zero attached hydrogens (tertiary/aromatic N) is 6. The first kappa shape index (κ1) is 99.3. The Morgan fingerprint density at radius 2 is 0.448 bits per heavy atom. The molecule has 116 heavy (non-hydrogen) atoms. The second-order valence-electron chi connectivity index (χ2n) is 43.5. The normalized spacial score (nSPS) is 17.9. The zero-order chi connectivity index (χ0) is 86.5. The summed E-state index contributed by atoms with van der Waals surface area (Å²) in [6, 6.07) is 30.1. The van der Waals surface area contributed by atoms with E-state index < -0.39 is 0 Å². The van der Waals surface area contributed by atoms with E-state index in [1.54, 1.807) is 0 Å². The molecule has 0 saturated carbocycles. The van der Waals surface area contributed by atoms with Crippen LogP contribution in [0.25, 0.3) is 10.6 Å². The second-order valence-corrected chi connectivity index (χ2v) is 43.5. The van der Waals surface area contributed by atoms with Crippen molar-refractivity contribution in [1.29, 1.82) is 0 Å². The van der Waals surface area contributed by atoms with Gasteiger partial charge in [0.2, 0.25) is 0 Å². The third-order valence-electron chi connectivity index (χ3n) is 20.4. The van der Waals surface area contributed by atoms with Crippen molar-refractivity contribution in [1.82, 2.24) is 0 Å². The molecule has 0 spiro atoms. The average Bonchev–Trinajstić information content (AvgIpc) is 0.807. The van der Waals surface area contributed by atoms with E-state index in [0.717, 1.165) is 66.8 Å². The van der Waals surface area contributed by atoms with Crippen molar-refractivity contribution in [2.24, 2.45) is 63.3 Å². The third-order valence-corrected chi connectivity index (χ3v) is 20.4. The first-order valence-electron chi connectivity index (χ1n) is 40.3. The van der Waals surface area contributed by atoms with Gasteiger partial charge in [-0.3, -0.25) is 20.0 Å². The molecular formula is C102H132Mn2N6O6-8. The molecule has 0 aliphatic heterocycles. The minimum Gasteiger partial charge on any atom is -0.873 e. The van der Waals surface area contributed by atoms with Crippen LogP contribution in [0.3, 0.4) is 0 Å². The fourth-order valence-electron chi connectivity index (χ4n) is 12.9. The molecule has 6 radical (unpaired) electrons. The molecule has 4 aliphatic rings. The SMILES string of the molecule is CC(C)(C)C1=CC(=Nc2cccc(N=C3C=C(C(C)(C)C)C=C(C(C)(C)C)[C]3[O-])c2)[C]([O-])C(C(C)(C)C)=C1.CC(C)(C)C1=CC(=Nc2cccc([N-]c3cc(C(C)(C)C)cc(C(C)(C)C)c3[O-])c2)[C]([O-])C(C(C)(C)C)=C1.CC(C)(C)C1=CC(=Nc2cccc([N-]c3cc(C(C)(C)C)cc(C(C)(C)C)c3[O-])c2)[C]([O-])C(C(C)(C)C)=C1.[Mn].[Mn]. The Bertz CT molecular complexity index is 4500. The summed E-state index contributed by atoms with van der Waals surface area (Å²) in [6.45, 7) is 75.5. The topological polar surface area (TPSA) is 216 Å². The predicted molar refractivity (Wildman–Crippen MR) is 473 cm³/mol. The van der Waals surface area contributed by atoms with Crippen molar-refractivity contribution >= 4 is 68.3 Å². The monoisotopic (exact) mass is 1650 g/mol. The summed E-state index contributed by atoms with van der Waals surface area (Å²) < 4.78 is 0. The summed E-state index contributed by atoms with van der Waals surface area (Å²) in [5.74, 6) is -0.107. The molecule has 0 bridgehead atoms. The van der Waals surface area contributed by atoms with E-state index in [-0.39, 0.29) is 135 Å². The zero-order valence-corrected chi connectivity index (χ0v) is 79.1. The van der Waals surface area contributed by atoms with Gasteiger partial charge in [0.1, 0.15) is 0 Å². The zero-order valence-electron chi connectivity index (χ0n) is 76.7. The average molecular weight is 1650 g/mol. The maximum Gasteiger partial charge on any atom is 0.0654 e. The van der Waals surface area contributed by atoms with Gasteiger partial charge in [0.15, 0.2) is 0 Å². The Morgan fingerprint density at radius 3 is 0.647 bits per heavy atom. The number of benzene rings is 5. The largest absolute Gasteiger partial charge is 0.873 e. The molecule has 0 N–H and O–H groups in total. The molecule has 0 unspecified atom stereocenters. The van der Waals surface area contributed by atoms with Crippen molar-refractivity contribution in [2.75, 3.05) is 0 Å². The molecule has 9 rings (SSSR count). The van der Waals surface area contributed by atoms with Crippen LogP contribution >= 0.6 is 0 Å². The van der Waals surface area contributed by atoms with E-state index in [1.807, 2.05) is 146 Å². The standard InChI is InChI=1S/2C34H45N2O2.C34H44N2O2.2Mn/c3*1-31(2,3)21-16-25(33(7,8)9)29(37)27(18-21)35-23-14-13-15-24(20-23)36-28-19-22(32(4,5)6)17-26(30(28)38)34(10,11)12;;/h2*13-20,37H,1-12H3;13-20H,1-12H3;;/q3*-2;;/p-2. The van der Waals surface area contributed by atoms with Crippen molar-refractivity contribution < 1.29 is 64.8 Å². The quantitative estimate of drug-likeness (QED) is 0.138. The molecule has 0 heterocycles. The summed E-state index contributed by atoms with van der Waals surface area (Å²) >= 11 is 0. The summed E-state index contributed by atoms with van der Waals surface area (Å²) in [4.78, 5) is 19.1. The van der Waals surface area contributed by atoms with Gasteiger partial charge in [-0.05, 0) is 177 Å². The van der Waals surface area contributed by atoms with Gasteiger partial charge in [0.25, 0.3) is 0 Å². The van der Waals surface area contributed by atoms with Gasteiger partial charge in [-0.2, -0.15) is 0 Å². The minimum absolute atomic E-state index is 0. The number of hydrogen-bond donors (Lipinski definition) is 0. The molecule has 12 nitrogen and oxygen atoms in total. The van der Waals surface area contributed by atoms with E-state index in [4.69, 9.17) is 30.6 Å². The smallest absolute Gasteiger partial charge is 0.0654 e.